The molecule has 31 heavy (non-hydrogen) atoms. The second kappa shape index (κ2) is 9.33. The smallest absolute Gasteiger partial charge is 0.245 e. The summed E-state index contributed by atoms with van der Waals surface area (Å²) >= 11 is 0. The third kappa shape index (κ3) is 4.30. The van der Waals surface area contributed by atoms with E-state index in [0.717, 1.165) is 26.1 Å². The highest BCUT2D eigenvalue weighted by molar-refractivity contribution is 5.85. The molecular formula is C20H24Cl2FN7O. The standard InChI is InChI=1S/C20H22FN7O.2ClH/c1-27-6-4-13-11-28(7-5-17(13)27)20-22-10-16(24-26-20)14-3-2-12(8-18(14)29)15-9-23-25-19(15)21;;/h2-3,8-10,13,17,29H,4-7,11H2,1H3,(H,23,25);2*1H/t13-,17+;;/m0../s1. The molecular weight excluding hydrogens is 444 g/mol. The molecule has 0 unspecified atom stereocenters. The number of anilines is 1. The van der Waals surface area contributed by atoms with Gasteiger partial charge in [-0.15, -0.1) is 40.1 Å². The number of piperidine rings is 1. The van der Waals surface area contributed by atoms with Crippen LogP contribution < -0.4 is 4.90 Å². The van der Waals surface area contributed by atoms with Gasteiger partial charge < -0.3 is 14.9 Å². The predicted molar refractivity (Wildman–Crippen MR) is 120 cm³/mol. The van der Waals surface area contributed by atoms with Crippen molar-refractivity contribution < 1.29 is 9.50 Å². The van der Waals surface area contributed by atoms with Crippen molar-refractivity contribution in [3.05, 3.63) is 36.5 Å². The molecule has 0 radical (unpaired) electrons. The van der Waals surface area contributed by atoms with Gasteiger partial charge >= 0.3 is 0 Å². The minimum absolute atomic E-state index is 0. The van der Waals surface area contributed by atoms with Gasteiger partial charge in [0.15, 0.2) is 0 Å². The van der Waals surface area contributed by atoms with Crippen LogP contribution in [0.1, 0.15) is 12.8 Å². The molecule has 1 aromatic carbocycles. The summed E-state index contributed by atoms with van der Waals surface area (Å²) in [6, 6.07) is 5.54. The van der Waals surface area contributed by atoms with Crippen molar-refractivity contribution >= 4 is 30.8 Å². The minimum atomic E-state index is -0.611. The first-order chi connectivity index (χ1) is 14.1. The van der Waals surface area contributed by atoms with E-state index in [1.54, 1.807) is 18.3 Å². The number of aromatic hydroxyl groups is 1. The second-order valence-electron chi connectivity index (χ2n) is 7.80. The first-order valence-electron chi connectivity index (χ1n) is 9.78. The van der Waals surface area contributed by atoms with Crippen molar-refractivity contribution in [1.29, 1.82) is 0 Å². The maximum absolute atomic E-state index is 13.7. The molecule has 3 aromatic rings. The SMILES string of the molecule is CN1CC[C@H]2CN(c3ncc(-c4ccc(-c5c[nH]nc5F)cc4O)nn3)CC[C@H]21.Cl.Cl. The predicted octanol–water partition coefficient (Wildman–Crippen LogP) is 3.15. The number of rotatable bonds is 3. The highest BCUT2D eigenvalue weighted by Crippen LogP contribution is 2.34. The van der Waals surface area contributed by atoms with Crippen LogP contribution in [0.5, 0.6) is 5.75 Å². The lowest BCUT2D eigenvalue weighted by molar-refractivity contribution is 0.238. The van der Waals surface area contributed by atoms with Crippen LogP contribution in [0.3, 0.4) is 0 Å². The topological polar surface area (TPSA) is 94.1 Å². The first-order valence-corrected chi connectivity index (χ1v) is 9.78. The van der Waals surface area contributed by atoms with E-state index in [0.29, 0.717) is 40.3 Å². The number of aromatic nitrogens is 5. The Bertz CT molecular complexity index is 1030. The van der Waals surface area contributed by atoms with E-state index in [2.05, 4.69) is 42.2 Å². The number of aromatic amines is 1. The molecule has 0 bridgehead atoms. The second-order valence-corrected chi connectivity index (χ2v) is 7.80. The molecule has 5 rings (SSSR count). The molecule has 2 N–H and O–H groups in total. The number of hydrogen-bond acceptors (Lipinski definition) is 7. The molecule has 2 fully saturated rings. The summed E-state index contributed by atoms with van der Waals surface area (Å²) in [7, 11) is 2.20. The first kappa shape index (κ1) is 23.2. The Kier molecular flexibility index (Phi) is 6.98. The van der Waals surface area contributed by atoms with Crippen molar-refractivity contribution in [2.75, 3.05) is 31.6 Å². The zero-order valence-electron chi connectivity index (χ0n) is 16.9. The van der Waals surface area contributed by atoms with Gasteiger partial charge in [-0.3, -0.25) is 5.10 Å². The van der Waals surface area contributed by atoms with E-state index >= 15 is 0 Å². The molecule has 2 aliphatic rings. The van der Waals surface area contributed by atoms with Gasteiger partial charge in [-0.2, -0.15) is 4.39 Å². The minimum Gasteiger partial charge on any atom is -0.507 e. The van der Waals surface area contributed by atoms with Crippen LogP contribution in [0.25, 0.3) is 22.4 Å². The number of halogens is 3. The molecule has 0 saturated carbocycles. The zero-order chi connectivity index (χ0) is 20.0. The van der Waals surface area contributed by atoms with Crippen LogP contribution in [-0.4, -0.2) is 68.1 Å². The van der Waals surface area contributed by atoms with Gasteiger partial charge in [0.25, 0.3) is 0 Å². The van der Waals surface area contributed by atoms with Crippen molar-refractivity contribution in [3.8, 4) is 28.1 Å². The van der Waals surface area contributed by atoms with Crippen molar-refractivity contribution in [3.63, 3.8) is 0 Å². The molecule has 0 spiro atoms. The van der Waals surface area contributed by atoms with E-state index in [1.165, 1.54) is 18.7 Å². The lowest BCUT2D eigenvalue weighted by Crippen LogP contribution is -2.45. The summed E-state index contributed by atoms with van der Waals surface area (Å²) in [6.07, 6.45) is 5.40. The van der Waals surface area contributed by atoms with E-state index in [-0.39, 0.29) is 30.6 Å². The molecule has 0 amide bonds. The van der Waals surface area contributed by atoms with E-state index in [9.17, 15) is 9.50 Å². The highest BCUT2D eigenvalue weighted by Gasteiger charge is 2.37. The third-order valence-corrected chi connectivity index (χ3v) is 6.12. The maximum atomic E-state index is 13.7. The zero-order valence-corrected chi connectivity index (χ0v) is 18.5. The molecule has 2 aromatic heterocycles. The monoisotopic (exact) mass is 467 g/mol. The van der Waals surface area contributed by atoms with Crippen LogP contribution in [0.4, 0.5) is 10.3 Å². The molecule has 166 valence electrons. The molecule has 8 nitrogen and oxygen atoms in total. The fourth-order valence-corrected chi connectivity index (χ4v) is 4.53. The number of phenols is 1. The molecule has 11 heteroatoms. The average molecular weight is 468 g/mol. The fourth-order valence-electron chi connectivity index (χ4n) is 4.53. The van der Waals surface area contributed by atoms with Crippen LogP contribution >= 0.6 is 24.8 Å². The van der Waals surface area contributed by atoms with E-state index in [4.69, 9.17) is 0 Å². The van der Waals surface area contributed by atoms with Crippen LogP contribution in [0.15, 0.2) is 30.6 Å². The number of nitrogens with one attached hydrogen (secondary N) is 1. The number of H-pyrrole nitrogens is 1. The van der Waals surface area contributed by atoms with Crippen LogP contribution in [-0.2, 0) is 0 Å². The third-order valence-electron chi connectivity index (χ3n) is 6.12. The number of nitrogens with zero attached hydrogens (tertiary/aromatic N) is 6. The largest absolute Gasteiger partial charge is 0.507 e. The number of fused-ring (bicyclic) bond motifs is 1. The van der Waals surface area contributed by atoms with Gasteiger partial charge in [-0.05, 0) is 50.0 Å². The number of phenolic OH excluding ortho intramolecular Hbond substituents is 1. The van der Waals surface area contributed by atoms with E-state index < -0.39 is 5.95 Å². The number of likely N-dealkylation sites (tertiary alicyclic amines) is 1. The molecule has 2 atom stereocenters. The molecule has 2 aliphatic heterocycles. The van der Waals surface area contributed by atoms with Crippen molar-refractivity contribution in [1.82, 2.24) is 30.3 Å². The Labute approximate surface area is 191 Å². The summed E-state index contributed by atoms with van der Waals surface area (Å²) in [5.74, 6) is 0.650. The number of hydrogen-bond donors (Lipinski definition) is 2. The summed E-state index contributed by atoms with van der Waals surface area (Å²) in [6.45, 7) is 3.02. The summed E-state index contributed by atoms with van der Waals surface area (Å²) in [5.41, 5.74) is 1.80. The summed E-state index contributed by atoms with van der Waals surface area (Å²) in [4.78, 5) is 9.14. The summed E-state index contributed by atoms with van der Waals surface area (Å²) < 4.78 is 13.7. The van der Waals surface area contributed by atoms with Gasteiger partial charge in [0.1, 0.15) is 11.4 Å². The molecule has 0 aliphatic carbocycles. The highest BCUT2D eigenvalue weighted by atomic mass is 35.5. The van der Waals surface area contributed by atoms with Gasteiger partial charge in [-0.25, -0.2) is 4.98 Å². The Morgan fingerprint density at radius 3 is 2.65 bits per heavy atom. The quantitative estimate of drug-likeness (QED) is 0.610. The van der Waals surface area contributed by atoms with Gasteiger partial charge in [0.05, 0.1) is 11.8 Å². The van der Waals surface area contributed by atoms with Crippen molar-refractivity contribution in [2.45, 2.75) is 18.9 Å². The van der Waals surface area contributed by atoms with Crippen LogP contribution in [0.2, 0.25) is 0 Å². The molecule has 4 heterocycles. The lowest BCUT2D eigenvalue weighted by Gasteiger charge is -2.36. The van der Waals surface area contributed by atoms with Gasteiger partial charge in [0.2, 0.25) is 11.9 Å². The summed E-state index contributed by atoms with van der Waals surface area (Å²) in [5, 5.41) is 24.9. The lowest BCUT2D eigenvalue weighted by atomic mass is 9.93. The Balaban J connectivity index is 0.00000136. The maximum Gasteiger partial charge on any atom is 0.245 e. The number of benzene rings is 1. The van der Waals surface area contributed by atoms with Gasteiger partial charge in [0, 0.05) is 30.9 Å². The Morgan fingerprint density at radius 1 is 1.13 bits per heavy atom. The van der Waals surface area contributed by atoms with E-state index in [1.807, 2.05) is 0 Å². The van der Waals surface area contributed by atoms with Crippen molar-refractivity contribution in [2.24, 2.45) is 5.92 Å². The normalized spacial score (nSPS) is 20.6. The Morgan fingerprint density at radius 2 is 1.97 bits per heavy atom. The Hall–Kier alpha value is -2.49. The van der Waals surface area contributed by atoms with Gasteiger partial charge in [-0.1, -0.05) is 6.07 Å². The average Bonchev–Trinajstić information content (AvgIpc) is 3.33. The molecule has 2 saturated heterocycles. The fraction of sp³-hybridized carbons (Fsp3) is 0.400. The van der Waals surface area contributed by atoms with Crippen LogP contribution in [0, 0.1) is 11.9 Å².